The highest BCUT2D eigenvalue weighted by molar-refractivity contribution is 7.80. The van der Waals surface area contributed by atoms with Gasteiger partial charge in [-0.3, -0.25) is 25.0 Å². The van der Waals surface area contributed by atoms with Crippen LogP contribution in [0.4, 0.5) is 11.4 Å². The van der Waals surface area contributed by atoms with Crippen LogP contribution in [0.2, 0.25) is 0 Å². The van der Waals surface area contributed by atoms with E-state index in [1.165, 1.54) is 37.3 Å². The molecule has 0 radical (unpaired) electrons. The fourth-order valence-electron chi connectivity index (χ4n) is 2.05. The van der Waals surface area contributed by atoms with E-state index in [9.17, 15) is 19.7 Å². The minimum Gasteiger partial charge on any atom is -0.332 e. The first kappa shape index (κ1) is 18.9. The molecule has 2 aromatic rings. The smallest absolute Gasteiger partial charge is 0.270 e. The number of rotatable bonds is 5. The first-order valence-corrected chi connectivity index (χ1v) is 7.91. The van der Waals surface area contributed by atoms with Gasteiger partial charge in [-0.2, -0.15) is 0 Å². The number of benzene rings is 2. The molecule has 1 amide bonds. The molecule has 0 unspecified atom stereocenters. The fourth-order valence-corrected chi connectivity index (χ4v) is 2.26. The van der Waals surface area contributed by atoms with Gasteiger partial charge in [-0.25, -0.2) is 0 Å². The van der Waals surface area contributed by atoms with Gasteiger partial charge in [-0.05, 0) is 42.9 Å². The number of ketones is 1. The summed E-state index contributed by atoms with van der Waals surface area (Å²) in [5, 5.41) is 16.1. The average Bonchev–Trinajstić information content (AvgIpc) is 2.60. The molecule has 0 aliphatic carbocycles. The number of non-ortho nitro benzene ring substituents is 1. The molecule has 2 N–H and O–H groups in total. The first-order valence-electron chi connectivity index (χ1n) is 7.50. The number of carbonyl (C=O) groups excluding carboxylic acids is 2. The minimum atomic E-state index is -0.508. The second-order valence-electron chi connectivity index (χ2n) is 5.27. The maximum absolute atomic E-state index is 11.9. The Hall–Kier alpha value is -3.39. The molecule has 0 fully saturated rings. The molecule has 0 atom stereocenters. The molecule has 8 heteroatoms. The van der Waals surface area contributed by atoms with Gasteiger partial charge in [0.2, 0.25) is 5.91 Å². The Balaban J connectivity index is 1.96. The summed E-state index contributed by atoms with van der Waals surface area (Å²) in [5.74, 6) is -0.569. The third kappa shape index (κ3) is 5.60. The molecule has 0 bridgehead atoms. The van der Waals surface area contributed by atoms with Gasteiger partial charge in [0.25, 0.3) is 5.69 Å². The third-order valence-electron chi connectivity index (χ3n) is 3.27. The number of hydrogen-bond acceptors (Lipinski definition) is 5. The Labute approximate surface area is 154 Å². The zero-order valence-electron chi connectivity index (χ0n) is 13.8. The Bertz CT molecular complexity index is 909. The second-order valence-corrected chi connectivity index (χ2v) is 5.67. The van der Waals surface area contributed by atoms with Crippen molar-refractivity contribution in [3.05, 3.63) is 75.8 Å². The molecule has 0 heterocycles. The van der Waals surface area contributed by atoms with E-state index in [0.717, 1.165) is 0 Å². The number of amides is 1. The standard InChI is InChI=1S/C18H15N3O4S/c1-12(22)14-5-3-6-15(11-14)19-18(26)20-17(23)9-8-13-4-2-7-16(10-13)21(24)25/h2-11H,1H3,(H2,19,20,23,26)/b9-8+. The molecule has 0 aromatic heterocycles. The summed E-state index contributed by atoms with van der Waals surface area (Å²) in [7, 11) is 0. The number of nitro groups is 1. The van der Waals surface area contributed by atoms with Crippen LogP contribution in [0.3, 0.4) is 0 Å². The number of Topliss-reactive ketones (excluding diaryl/α,β-unsaturated/α-hetero) is 1. The predicted molar refractivity (Wildman–Crippen MR) is 103 cm³/mol. The fraction of sp³-hybridized carbons (Fsp3) is 0.0556. The lowest BCUT2D eigenvalue weighted by atomic mass is 10.1. The van der Waals surface area contributed by atoms with Crippen LogP contribution in [0.5, 0.6) is 0 Å². The third-order valence-corrected chi connectivity index (χ3v) is 3.48. The molecule has 0 spiro atoms. The summed E-state index contributed by atoms with van der Waals surface area (Å²) in [6.07, 6.45) is 2.67. The largest absolute Gasteiger partial charge is 0.332 e. The molecule has 2 aromatic carbocycles. The lowest BCUT2D eigenvalue weighted by molar-refractivity contribution is -0.384. The van der Waals surface area contributed by atoms with Gasteiger partial charge in [-0.1, -0.05) is 24.3 Å². The van der Waals surface area contributed by atoms with Crippen molar-refractivity contribution in [2.24, 2.45) is 0 Å². The van der Waals surface area contributed by atoms with Crippen LogP contribution in [-0.4, -0.2) is 21.7 Å². The first-order chi connectivity index (χ1) is 12.3. The summed E-state index contributed by atoms with van der Waals surface area (Å²) >= 11 is 5.06. The summed E-state index contributed by atoms with van der Waals surface area (Å²) in [6.45, 7) is 1.46. The van der Waals surface area contributed by atoms with E-state index >= 15 is 0 Å². The highest BCUT2D eigenvalue weighted by Gasteiger charge is 2.06. The Morgan fingerprint density at radius 3 is 2.58 bits per heavy atom. The van der Waals surface area contributed by atoms with Crippen LogP contribution >= 0.6 is 12.2 Å². The van der Waals surface area contributed by atoms with Gasteiger partial charge < -0.3 is 5.32 Å². The maximum atomic E-state index is 11.9. The Kier molecular flexibility index (Phi) is 6.29. The predicted octanol–water partition coefficient (Wildman–Crippen LogP) is 3.32. The lowest BCUT2D eigenvalue weighted by Crippen LogP contribution is -2.32. The summed E-state index contributed by atoms with van der Waals surface area (Å²) in [6, 6.07) is 12.6. The van der Waals surface area contributed by atoms with Gasteiger partial charge in [0, 0.05) is 29.5 Å². The summed E-state index contributed by atoms with van der Waals surface area (Å²) in [5.41, 5.74) is 1.55. The summed E-state index contributed by atoms with van der Waals surface area (Å²) < 4.78 is 0. The van der Waals surface area contributed by atoms with Crippen LogP contribution in [0.1, 0.15) is 22.8 Å². The van der Waals surface area contributed by atoms with Gasteiger partial charge >= 0.3 is 0 Å². The minimum absolute atomic E-state index is 0.0601. The monoisotopic (exact) mass is 369 g/mol. The van der Waals surface area contributed by atoms with E-state index in [2.05, 4.69) is 10.6 Å². The van der Waals surface area contributed by atoms with Crippen LogP contribution in [0, 0.1) is 10.1 Å². The van der Waals surface area contributed by atoms with E-state index in [1.54, 1.807) is 30.3 Å². The number of anilines is 1. The normalized spacial score (nSPS) is 10.3. The SMILES string of the molecule is CC(=O)c1cccc(NC(=S)NC(=O)/C=C/c2cccc([N+](=O)[O-])c2)c1. The Morgan fingerprint density at radius 1 is 1.15 bits per heavy atom. The van der Waals surface area contributed by atoms with Crippen molar-refractivity contribution in [2.75, 3.05) is 5.32 Å². The van der Waals surface area contributed by atoms with Crippen LogP contribution in [0.15, 0.2) is 54.6 Å². The molecular formula is C18H15N3O4S. The number of carbonyl (C=O) groups is 2. The zero-order chi connectivity index (χ0) is 19.1. The van der Waals surface area contributed by atoms with Crippen molar-refractivity contribution >= 4 is 46.5 Å². The van der Waals surface area contributed by atoms with Gasteiger partial charge in [0.15, 0.2) is 10.9 Å². The van der Waals surface area contributed by atoms with E-state index in [0.29, 0.717) is 16.8 Å². The Morgan fingerprint density at radius 2 is 1.88 bits per heavy atom. The number of thiocarbonyl (C=S) groups is 1. The molecule has 26 heavy (non-hydrogen) atoms. The van der Waals surface area contributed by atoms with E-state index in [-0.39, 0.29) is 16.6 Å². The molecule has 132 valence electrons. The van der Waals surface area contributed by atoms with Crippen molar-refractivity contribution in [1.29, 1.82) is 0 Å². The molecule has 0 aliphatic rings. The van der Waals surface area contributed by atoms with E-state index in [1.807, 2.05) is 0 Å². The number of nitrogens with zero attached hydrogens (tertiary/aromatic N) is 1. The van der Waals surface area contributed by atoms with Gasteiger partial charge in [0.1, 0.15) is 0 Å². The van der Waals surface area contributed by atoms with Crippen molar-refractivity contribution < 1.29 is 14.5 Å². The summed E-state index contributed by atoms with van der Waals surface area (Å²) in [4.78, 5) is 33.5. The molecule has 0 saturated carbocycles. The average molecular weight is 369 g/mol. The van der Waals surface area contributed by atoms with Gasteiger partial charge in [0.05, 0.1) is 4.92 Å². The number of hydrogen-bond donors (Lipinski definition) is 2. The van der Waals surface area contributed by atoms with Gasteiger partial charge in [-0.15, -0.1) is 0 Å². The topological polar surface area (TPSA) is 101 Å². The van der Waals surface area contributed by atoms with Crippen molar-refractivity contribution in [1.82, 2.24) is 5.32 Å². The van der Waals surface area contributed by atoms with Crippen LogP contribution < -0.4 is 10.6 Å². The van der Waals surface area contributed by atoms with E-state index < -0.39 is 10.8 Å². The zero-order valence-corrected chi connectivity index (χ0v) is 14.6. The van der Waals surface area contributed by atoms with Crippen LogP contribution in [-0.2, 0) is 4.79 Å². The highest BCUT2D eigenvalue weighted by atomic mass is 32.1. The molecular weight excluding hydrogens is 354 g/mol. The molecule has 0 aliphatic heterocycles. The lowest BCUT2D eigenvalue weighted by Gasteiger charge is -2.08. The molecule has 0 saturated heterocycles. The number of nitro benzene ring substituents is 1. The van der Waals surface area contributed by atoms with E-state index in [4.69, 9.17) is 12.2 Å². The molecule has 7 nitrogen and oxygen atoms in total. The van der Waals surface area contributed by atoms with Crippen molar-refractivity contribution in [3.8, 4) is 0 Å². The highest BCUT2D eigenvalue weighted by Crippen LogP contribution is 2.14. The van der Waals surface area contributed by atoms with Crippen molar-refractivity contribution in [3.63, 3.8) is 0 Å². The second kappa shape index (κ2) is 8.63. The quantitative estimate of drug-likeness (QED) is 0.276. The number of nitrogens with one attached hydrogen (secondary N) is 2. The molecule has 2 rings (SSSR count). The van der Waals surface area contributed by atoms with Crippen molar-refractivity contribution in [2.45, 2.75) is 6.92 Å². The maximum Gasteiger partial charge on any atom is 0.270 e. The van der Waals surface area contributed by atoms with Crippen LogP contribution in [0.25, 0.3) is 6.08 Å².